The molecule has 0 aliphatic rings. The fraction of sp³-hybridized carbons (Fsp3) is 0.200. The van der Waals surface area contributed by atoms with Crippen molar-refractivity contribution in [1.82, 2.24) is 4.98 Å². The smallest absolute Gasteiger partial charge is 0.211 e. The van der Waals surface area contributed by atoms with Crippen LogP contribution in [0, 0.1) is 6.92 Å². The van der Waals surface area contributed by atoms with Gasteiger partial charge in [0.15, 0.2) is 0 Å². The van der Waals surface area contributed by atoms with Crippen molar-refractivity contribution < 1.29 is 4.79 Å². The number of pyridine rings is 1. The second kappa shape index (κ2) is 5.32. The Bertz CT molecular complexity index is 593. The molecule has 0 fully saturated rings. The first-order chi connectivity index (χ1) is 8.63. The molecule has 18 heavy (non-hydrogen) atoms. The van der Waals surface area contributed by atoms with Crippen LogP contribution in [-0.2, 0) is 6.42 Å². The van der Waals surface area contributed by atoms with E-state index in [1.807, 2.05) is 32.0 Å². The largest absolute Gasteiger partial charge is 0.287 e. The van der Waals surface area contributed by atoms with E-state index < -0.39 is 0 Å². The quantitative estimate of drug-likeness (QED) is 0.784. The highest BCUT2D eigenvalue weighted by Crippen LogP contribution is 2.19. The Balaban J connectivity index is 2.44. The average molecular weight is 260 g/mol. The molecule has 0 radical (unpaired) electrons. The molecule has 0 atom stereocenters. The van der Waals surface area contributed by atoms with E-state index in [0.29, 0.717) is 16.3 Å². The number of ketones is 1. The first-order valence-electron chi connectivity index (χ1n) is 5.88. The zero-order valence-corrected chi connectivity index (χ0v) is 11.2. The Morgan fingerprint density at radius 3 is 2.78 bits per heavy atom. The molecule has 1 aromatic heterocycles. The summed E-state index contributed by atoms with van der Waals surface area (Å²) in [7, 11) is 0. The summed E-state index contributed by atoms with van der Waals surface area (Å²) in [4.78, 5) is 16.6. The Kier molecular flexibility index (Phi) is 3.78. The van der Waals surface area contributed by atoms with Gasteiger partial charge in [0.2, 0.25) is 5.78 Å². The van der Waals surface area contributed by atoms with Crippen molar-refractivity contribution in [3.05, 3.63) is 63.9 Å². The molecule has 0 amide bonds. The van der Waals surface area contributed by atoms with Crippen molar-refractivity contribution in [2.75, 3.05) is 0 Å². The van der Waals surface area contributed by atoms with E-state index in [1.54, 1.807) is 18.3 Å². The fourth-order valence-electron chi connectivity index (χ4n) is 1.80. The number of aromatic nitrogens is 1. The first-order valence-corrected chi connectivity index (χ1v) is 6.26. The lowest BCUT2D eigenvalue weighted by Crippen LogP contribution is -2.07. The summed E-state index contributed by atoms with van der Waals surface area (Å²) in [6, 6.07) is 9.11. The van der Waals surface area contributed by atoms with Gasteiger partial charge in [0, 0.05) is 16.8 Å². The molecule has 92 valence electrons. The lowest BCUT2D eigenvalue weighted by Gasteiger charge is -2.06. The van der Waals surface area contributed by atoms with Crippen molar-refractivity contribution in [2.24, 2.45) is 0 Å². The summed E-state index contributed by atoms with van der Waals surface area (Å²) < 4.78 is 0. The Hall–Kier alpha value is -1.67. The molecular formula is C15H14ClNO. The minimum Gasteiger partial charge on any atom is -0.287 e. The third-order valence-corrected chi connectivity index (χ3v) is 3.33. The van der Waals surface area contributed by atoms with Crippen LogP contribution in [0.2, 0.25) is 5.02 Å². The van der Waals surface area contributed by atoms with E-state index in [-0.39, 0.29) is 5.78 Å². The van der Waals surface area contributed by atoms with Crippen LogP contribution < -0.4 is 0 Å². The molecule has 3 heteroatoms. The van der Waals surface area contributed by atoms with Gasteiger partial charge in [-0.15, -0.1) is 0 Å². The number of aryl methyl sites for hydroxylation is 2. The van der Waals surface area contributed by atoms with Crippen LogP contribution in [-0.4, -0.2) is 10.8 Å². The van der Waals surface area contributed by atoms with Crippen molar-refractivity contribution in [2.45, 2.75) is 20.3 Å². The molecule has 2 nitrogen and oxygen atoms in total. The maximum absolute atomic E-state index is 12.4. The second-order valence-corrected chi connectivity index (χ2v) is 4.56. The van der Waals surface area contributed by atoms with Crippen LogP contribution in [0.1, 0.15) is 34.1 Å². The van der Waals surface area contributed by atoms with Gasteiger partial charge in [-0.25, -0.2) is 0 Å². The van der Waals surface area contributed by atoms with Gasteiger partial charge in [0.1, 0.15) is 5.69 Å². The van der Waals surface area contributed by atoms with E-state index in [0.717, 1.165) is 17.5 Å². The van der Waals surface area contributed by atoms with Crippen molar-refractivity contribution in [3.63, 3.8) is 0 Å². The molecule has 0 saturated heterocycles. The van der Waals surface area contributed by atoms with Crippen molar-refractivity contribution in [3.8, 4) is 0 Å². The SMILES string of the molecule is CCc1cccnc1C(=O)c1ccc(C)c(Cl)c1. The summed E-state index contributed by atoms with van der Waals surface area (Å²) in [6.07, 6.45) is 2.43. The number of carbonyl (C=O) groups excluding carboxylic acids is 1. The predicted octanol–water partition coefficient (Wildman–Crippen LogP) is 3.84. The number of hydrogen-bond donors (Lipinski definition) is 0. The van der Waals surface area contributed by atoms with Crippen LogP contribution in [0.4, 0.5) is 0 Å². The second-order valence-electron chi connectivity index (χ2n) is 4.16. The molecule has 2 rings (SSSR count). The van der Waals surface area contributed by atoms with Crippen molar-refractivity contribution in [1.29, 1.82) is 0 Å². The van der Waals surface area contributed by atoms with Gasteiger partial charge in [-0.3, -0.25) is 9.78 Å². The van der Waals surface area contributed by atoms with Gasteiger partial charge in [0.25, 0.3) is 0 Å². The van der Waals surface area contributed by atoms with Crippen LogP contribution in [0.15, 0.2) is 36.5 Å². The van der Waals surface area contributed by atoms with Crippen LogP contribution >= 0.6 is 11.6 Å². The molecule has 2 aromatic rings. The van der Waals surface area contributed by atoms with E-state index in [4.69, 9.17) is 11.6 Å². The van der Waals surface area contributed by atoms with Gasteiger partial charge in [-0.1, -0.05) is 36.7 Å². The summed E-state index contributed by atoms with van der Waals surface area (Å²) in [6.45, 7) is 3.92. The minimum absolute atomic E-state index is 0.0747. The average Bonchev–Trinajstić information content (AvgIpc) is 2.41. The number of carbonyl (C=O) groups is 1. The van der Waals surface area contributed by atoms with Gasteiger partial charge in [-0.05, 0) is 36.6 Å². The molecule has 0 spiro atoms. The summed E-state index contributed by atoms with van der Waals surface area (Å²) in [5.74, 6) is -0.0747. The molecular weight excluding hydrogens is 246 g/mol. The molecule has 0 unspecified atom stereocenters. The van der Waals surface area contributed by atoms with Gasteiger partial charge < -0.3 is 0 Å². The Morgan fingerprint density at radius 1 is 1.33 bits per heavy atom. The van der Waals surface area contributed by atoms with E-state index >= 15 is 0 Å². The van der Waals surface area contributed by atoms with E-state index in [1.165, 1.54) is 0 Å². The third-order valence-electron chi connectivity index (χ3n) is 2.92. The molecule has 1 heterocycles. The molecule has 0 aliphatic heterocycles. The van der Waals surface area contributed by atoms with Crippen LogP contribution in [0.3, 0.4) is 0 Å². The lowest BCUT2D eigenvalue weighted by atomic mass is 10.0. The predicted molar refractivity (Wildman–Crippen MR) is 73.2 cm³/mol. The Morgan fingerprint density at radius 2 is 2.11 bits per heavy atom. The normalized spacial score (nSPS) is 10.4. The van der Waals surface area contributed by atoms with Crippen molar-refractivity contribution >= 4 is 17.4 Å². The topological polar surface area (TPSA) is 30.0 Å². The maximum atomic E-state index is 12.4. The number of rotatable bonds is 3. The molecule has 0 aliphatic carbocycles. The summed E-state index contributed by atoms with van der Waals surface area (Å²) >= 11 is 6.05. The van der Waals surface area contributed by atoms with Gasteiger partial charge in [0.05, 0.1) is 0 Å². The summed E-state index contributed by atoms with van der Waals surface area (Å²) in [5.41, 5.74) is 3.02. The van der Waals surface area contributed by atoms with E-state index in [2.05, 4.69) is 4.98 Å². The molecule has 0 saturated carbocycles. The standard InChI is InChI=1S/C15H14ClNO/c1-3-11-5-4-8-17-14(11)15(18)12-7-6-10(2)13(16)9-12/h4-9H,3H2,1-2H3. The van der Waals surface area contributed by atoms with Crippen LogP contribution in [0.5, 0.6) is 0 Å². The zero-order chi connectivity index (χ0) is 13.1. The van der Waals surface area contributed by atoms with Gasteiger partial charge in [-0.2, -0.15) is 0 Å². The highest BCUT2D eigenvalue weighted by molar-refractivity contribution is 6.31. The fourth-order valence-corrected chi connectivity index (χ4v) is 1.98. The minimum atomic E-state index is -0.0747. The zero-order valence-electron chi connectivity index (χ0n) is 10.4. The van der Waals surface area contributed by atoms with Gasteiger partial charge >= 0.3 is 0 Å². The van der Waals surface area contributed by atoms with E-state index in [9.17, 15) is 4.79 Å². The first kappa shape index (κ1) is 12.8. The number of halogens is 1. The summed E-state index contributed by atoms with van der Waals surface area (Å²) in [5, 5.41) is 0.606. The maximum Gasteiger partial charge on any atom is 0.211 e. The molecule has 1 aromatic carbocycles. The highest BCUT2D eigenvalue weighted by Gasteiger charge is 2.14. The molecule has 0 bridgehead atoms. The van der Waals surface area contributed by atoms with Crippen LogP contribution in [0.25, 0.3) is 0 Å². The lowest BCUT2D eigenvalue weighted by molar-refractivity contribution is 0.103. The number of nitrogens with zero attached hydrogens (tertiary/aromatic N) is 1. The number of hydrogen-bond acceptors (Lipinski definition) is 2. The third kappa shape index (κ3) is 2.44. The molecule has 0 N–H and O–H groups in total. The Labute approximate surface area is 112 Å². The highest BCUT2D eigenvalue weighted by atomic mass is 35.5. The monoisotopic (exact) mass is 259 g/mol. The number of benzene rings is 1.